The van der Waals surface area contributed by atoms with Crippen LogP contribution in [0.3, 0.4) is 0 Å². The first-order chi connectivity index (χ1) is 7.49. The summed E-state index contributed by atoms with van der Waals surface area (Å²) in [6.45, 7) is 2.66. The number of likely N-dealkylation sites (tertiary alicyclic amines) is 1. The summed E-state index contributed by atoms with van der Waals surface area (Å²) in [4.78, 5) is 20.1. The van der Waals surface area contributed by atoms with Crippen LogP contribution in [0.4, 0.5) is 4.79 Å². The van der Waals surface area contributed by atoms with Gasteiger partial charge in [-0.2, -0.15) is 0 Å². The fourth-order valence-corrected chi connectivity index (χ4v) is 2.81. The third-order valence-electron chi connectivity index (χ3n) is 2.71. The molecule has 0 saturated carbocycles. The van der Waals surface area contributed by atoms with Gasteiger partial charge in [-0.25, -0.2) is 9.78 Å². The third-order valence-corrected chi connectivity index (χ3v) is 5.30. The summed E-state index contributed by atoms with van der Waals surface area (Å²) >= 11 is 4.32. The van der Waals surface area contributed by atoms with Crippen LogP contribution in [0.2, 0.25) is 0 Å². The molecule has 0 aromatic carbocycles. The van der Waals surface area contributed by atoms with Crippen molar-refractivity contribution >= 4 is 51.3 Å². The molecule has 0 aliphatic carbocycles. The molecule has 2 atom stereocenters. The number of carboxylic acid groups (broad SMARTS) is 1. The number of nitrogens with one attached hydrogen (secondary N) is 1. The molecule has 1 aliphatic heterocycles. The number of hydrogen-bond donors (Lipinski definition) is 2. The topological polar surface area (TPSA) is 69.2 Å². The fraction of sp³-hybridized carbons (Fsp3) is 0.556. The average Bonchev–Trinajstić information content (AvgIpc) is 2.71. The minimum absolute atomic E-state index is 0.121. The Labute approximate surface area is 120 Å². The Bertz CT molecular complexity index is 401. The fourth-order valence-electron chi connectivity index (χ4n) is 2.02. The second-order valence-corrected chi connectivity index (χ2v) is 6.12. The Morgan fingerprint density at radius 3 is 2.81 bits per heavy atom. The number of carbonyl (C=O) groups is 1. The Morgan fingerprint density at radius 1 is 1.62 bits per heavy atom. The lowest BCUT2D eigenvalue weighted by Crippen LogP contribution is -2.29. The molecule has 0 unspecified atom stereocenters. The molecule has 16 heavy (non-hydrogen) atoms. The number of aromatic amines is 1. The molecular formula is C9H11I2N3O2. The van der Waals surface area contributed by atoms with Crippen molar-refractivity contribution in [1.29, 1.82) is 0 Å². The van der Waals surface area contributed by atoms with Gasteiger partial charge in [-0.15, -0.1) is 0 Å². The summed E-state index contributed by atoms with van der Waals surface area (Å²) in [5.41, 5.74) is 0. The van der Waals surface area contributed by atoms with Crippen molar-refractivity contribution in [1.82, 2.24) is 14.9 Å². The highest BCUT2D eigenvalue weighted by molar-refractivity contribution is 14.1. The molecular weight excluding hydrogens is 436 g/mol. The Kier molecular flexibility index (Phi) is 3.62. The quantitative estimate of drug-likeness (QED) is 0.651. The van der Waals surface area contributed by atoms with Gasteiger partial charge in [0.15, 0.2) is 0 Å². The van der Waals surface area contributed by atoms with Crippen molar-refractivity contribution in [3.05, 3.63) is 13.2 Å². The van der Waals surface area contributed by atoms with Gasteiger partial charge in [0, 0.05) is 6.54 Å². The van der Waals surface area contributed by atoms with Crippen LogP contribution in [-0.4, -0.2) is 32.6 Å². The highest BCUT2D eigenvalue weighted by Crippen LogP contribution is 2.34. The third kappa shape index (κ3) is 2.29. The van der Waals surface area contributed by atoms with E-state index in [1.54, 1.807) is 0 Å². The molecule has 0 bridgehead atoms. The molecule has 2 N–H and O–H groups in total. The van der Waals surface area contributed by atoms with E-state index < -0.39 is 6.09 Å². The maximum Gasteiger partial charge on any atom is 0.407 e. The van der Waals surface area contributed by atoms with Gasteiger partial charge in [0.2, 0.25) is 0 Å². The van der Waals surface area contributed by atoms with Gasteiger partial charge >= 0.3 is 6.09 Å². The molecule has 1 aliphatic rings. The monoisotopic (exact) mass is 447 g/mol. The van der Waals surface area contributed by atoms with Gasteiger partial charge in [-0.1, -0.05) is 6.92 Å². The van der Waals surface area contributed by atoms with Crippen LogP contribution in [0.1, 0.15) is 25.2 Å². The average molecular weight is 447 g/mol. The number of hydrogen-bond acceptors (Lipinski definition) is 2. The van der Waals surface area contributed by atoms with Crippen LogP contribution in [0.15, 0.2) is 0 Å². The SMILES string of the molecule is C[C@@H]1C[C@@H](c2nc(I)c(I)[nH]2)N(C(=O)O)C1. The Morgan fingerprint density at radius 2 is 2.31 bits per heavy atom. The number of rotatable bonds is 1. The highest BCUT2D eigenvalue weighted by atomic mass is 127. The molecule has 2 rings (SSSR count). The van der Waals surface area contributed by atoms with Crippen LogP contribution in [0.5, 0.6) is 0 Å². The first-order valence-electron chi connectivity index (χ1n) is 4.89. The summed E-state index contributed by atoms with van der Waals surface area (Å²) in [7, 11) is 0. The van der Waals surface area contributed by atoms with E-state index in [0.717, 1.165) is 19.6 Å². The number of halogens is 2. The first-order valence-corrected chi connectivity index (χ1v) is 7.05. The minimum Gasteiger partial charge on any atom is -0.465 e. The molecule has 1 aromatic heterocycles. The molecule has 1 fully saturated rings. The lowest BCUT2D eigenvalue weighted by atomic mass is 10.1. The van der Waals surface area contributed by atoms with Crippen molar-refractivity contribution in [2.45, 2.75) is 19.4 Å². The summed E-state index contributed by atoms with van der Waals surface area (Å²) in [5, 5.41) is 9.12. The van der Waals surface area contributed by atoms with E-state index in [0.29, 0.717) is 12.5 Å². The Hall–Kier alpha value is -0.0600. The first kappa shape index (κ1) is 12.4. The van der Waals surface area contributed by atoms with Crippen molar-refractivity contribution < 1.29 is 9.90 Å². The van der Waals surface area contributed by atoms with Gasteiger partial charge in [0.25, 0.3) is 0 Å². The number of nitrogens with zero attached hydrogens (tertiary/aromatic N) is 2. The van der Waals surface area contributed by atoms with Crippen LogP contribution in [-0.2, 0) is 0 Å². The zero-order chi connectivity index (χ0) is 11.9. The molecule has 1 saturated heterocycles. The summed E-state index contributed by atoms with van der Waals surface area (Å²) in [6.07, 6.45) is -0.0258. The van der Waals surface area contributed by atoms with Crippen LogP contribution < -0.4 is 0 Å². The highest BCUT2D eigenvalue weighted by Gasteiger charge is 2.36. The van der Waals surface area contributed by atoms with E-state index in [1.807, 2.05) is 0 Å². The van der Waals surface area contributed by atoms with Gasteiger partial charge in [0.1, 0.15) is 13.2 Å². The molecule has 1 aromatic rings. The largest absolute Gasteiger partial charge is 0.465 e. The normalized spacial score (nSPS) is 25.1. The minimum atomic E-state index is -0.865. The molecule has 88 valence electrons. The van der Waals surface area contributed by atoms with Crippen molar-refractivity contribution in [2.24, 2.45) is 5.92 Å². The van der Waals surface area contributed by atoms with E-state index in [1.165, 1.54) is 4.90 Å². The van der Waals surface area contributed by atoms with Crippen molar-refractivity contribution in [3.8, 4) is 0 Å². The van der Waals surface area contributed by atoms with E-state index in [4.69, 9.17) is 5.11 Å². The zero-order valence-electron chi connectivity index (χ0n) is 8.57. The van der Waals surface area contributed by atoms with Crippen molar-refractivity contribution in [3.63, 3.8) is 0 Å². The van der Waals surface area contributed by atoms with Gasteiger partial charge in [-0.3, -0.25) is 4.90 Å². The van der Waals surface area contributed by atoms with Gasteiger partial charge < -0.3 is 10.1 Å². The van der Waals surface area contributed by atoms with E-state index in [-0.39, 0.29) is 6.04 Å². The number of aromatic nitrogens is 2. The molecule has 0 radical (unpaired) electrons. The summed E-state index contributed by atoms with van der Waals surface area (Å²) < 4.78 is 1.87. The lowest BCUT2D eigenvalue weighted by Gasteiger charge is -2.19. The maximum atomic E-state index is 11.1. The molecule has 5 nitrogen and oxygen atoms in total. The molecule has 0 spiro atoms. The summed E-state index contributed by atoms with van der Waals surface area (Å²) in [6, 6.07) is -0.121. The second-order valence-electron chi connectivity index (χ2n) is 4.02. The number of H-pyrrole nitrogens is 1. The molecule has 2 heterocycles. The van der Waals surface area contributed by atoms with Crippen LogP contribution in [0.25, 0.3) is 0 Å². The van der Waals surface area contributed by atoms with Crippen LogP contribution >= 0.6 is 45.2 Å². The van der Waals surface area contributed by atoms with E-state index in [9.17, 15) is 4.79 Å². The van der Waals surface area contributed by atoms with Gasteiger partial charge in [0.05, 0.1) is 6.04 Å². The zero-order valence-corrected chi connectivity index (χ0v) is 12.9. The predicted molar refractivity (Wildman–Crippen MR) is 75.3 cm³/mol. The van der Waals surface area contributed by atoms with E-state index in [2.05, 4.69) is 62.1 Å². The Balaban J connectivity index is 2.28. The van der Waals surface area contributed by atoms with E-state index >= 15 is 0 Å². The van der Waals surface area contributed by atoms with Crippen molar-refractivity contribution in [2.75, 3.05) is 6.54 Å². The van der Waals surface area contributed by atoms with Gasteiger partial charge in [-0.05, 0) is 57.5 Å². The lowest BCUT2D eigenvalue weighted by molar-refractivity contribution is 0.138. The second kappa shape index (κ2) is 4.67. The maximum absolute atomic E-state index is 11.1. The predicted octanol–water partition coefficient (Wildman–Crippen LogP) is 2.68. The number of imidazole rings is 1. The standard InChI is InChI=1S/C9H11I2N3O2/c1-4-2-5(14(3-4)9(15)16)8-12-6(10)7(11)13-8/h4-5H,2-3H2,1H3,(H,12,13)(H,15,16)/t4-,5+/m1/s1. The molecule has 1 amide bonds. The molecule has 7 heteroatoms. The summed E-state index contributed by atoms with van der Waals surface area (Å²) in [5.74, 6) is 1.15. The van der Waals surface area contributed by atoms with Crippen LogP contribution in [0, 0.1) is 13.3 Å². The smallest absolute Gasteiger partial charge is 0.407 e. The number of amides is 1.